The topological polar surface area (TPSA) is 96.7 Å². The summed E-state index contributed by atoms with van der Waals surface area (Å²) in [6.07, 6.45) is 2.81. The van der Waals surface area contributed by atoms with E-state index < -0.39 is 5.91 Å². The van der Waals surface area contributed by atoms with Crippen LogP contribution in [0, 0.1) is 4.91 Å². The van der Waals surface area contributed by atoms with Gasteiger partial charge < -0.3 is 5.11 Å². The number of pyridine rings is 1. The van der Waals surface area contributed by atoms with Gasteiger partial charge in [-0.3, -0.25) is 14.6 Å². The highest BCUT2D eigenvalue weighted by molar-refractivity contribution is 5.94. The molecule has 0 radical (unpaired) electrons. The first-order valence-electron chi connectivity index (χ1n) is 3.11. The van der Waals surface area contributed by atoms with Crippen LogP contribution in [0.2, 0.25) is 0 Å². The molecule has 0 unspecified atom stereocenters. The van der Waals surface area contributed by atoms with Gasteiger partial charge in [0.15, 0.2) is 0 Å². The molecule has 0 atom stereocenters. The highest BCUT2D eigenvalue weighted by Crippen LogP contribution is 1.96. The van der Waals surface area contributed by atoms with Crippen molar-refractivity contribution in [2.24, 2.45) is 5.18 Å². The fraction of sp³-hybridized carbons (Fsp3) is 0. The lowest BCUT2D eigenvalue weighted by molar-refractivity contribution is -0.122. The first-order chi connectivity index (χ1) is 6.26. The Morgan fingerprint density at radius 1 is 1.62 bits per heavy atom. The van der Waals surface area contributed by atoms with Gasteiger partial charge in [0, 0.05) is 17.6 Å². The maximum atomic E-state index is 10.5. The normalized spacial score (nSPS) is 7.69. The van der Waals surface area contributed by atoms with E-state index in [1.807, 2.05) is 0 Å². The molecule has 0 aliphatic heterocycles. The average Bonchev–Trinajstić information content (AvgIpc) is 2.19. The smallest absolute Gasteiger partial charge is 0.318 e. The molecule has 1 amide bonds. The van der Waals surface area contributed by atoms with Crippen molar-refractivity contribution < 1.29 is 14.7 Å². The standard InChI is InChI=1S/C6H4N2O2.CH2O2/c9-6(8-10)5-2-1-3-7-4-5;2-1-3/h1-4H;1H,(H,2,3). The Morgan fingerprint density at radius 2 is 2.23 bits per heavy atom. The highest BCUT2D eigenvalue weighted by atomic mass is 16.3. The summed E-state index contributed by atoms with van der Waals surface area (Å²) in [7, 11) is 0. The van der Waals surface area contributed by atoms with Crippen molar-refractivity contribution >= 4 is 12.4 Å². The molecule has 0 fully saturated rings. The number of carbonyl (C=O) groups is 2. The van der Waals surface area contributed by atoms with Crippen LogP contribution < -0.4 is 0 Å². The monoisotopic (exact) mass is 182 g/mol. The maximum absolute atomic E-state index is 10.5. The number of hydrogen-bond donors (Lipinski definition) is 1. The second-order valence-electron chi connectivity index (χ2n) is 1.74. The molecule has 1 aromatic rings. The van der Waals surface area contributed by atoms with Crippen LogP contribution in [0.3, 0.4) is 0 Å². The second kappa shape index (κ2) is 6.59. The van der Waals surface area contributed by atoms with Crippen molar-refractivity contribution in [1.82, 2.24) is 4.98 Å². The molecule has 0 aliphatic carbocycles. The third-order valence-corrected chi connectivity index (χ3v) is 0.991. The molecule has 0 aromatic carbocycles. The van der Waals surface area contributed by atoms with Crippen molar-refractivity contribution in [2.75, 3.05) is 0 Å². The first kappa shape index (κ1) is 10.9. The summed E-state index contributed by atoms with van der Waals surface area (Å²) in [6.45, 7) is -0.250. The van der Waals surface area contributed by atoms with E-state index in [9.17, 15) is 9.70 Å². The van der Waals surface area contributed by atoms with Crippen LogP contribution in [0.5, 0.6) is 0 Å². The Hall–Kier alpha value is -2.11. The van der Waals surface area contributed by atoms with E-state index in [4.69, 9.17) is 9.90 Å². The summed E-state index contributed by atoms with van der Waals surface area (Å²) in [4.78, 5) is 32.2. The average molecular weight is 182 g/mol. The molecule has 1 rings (SSSR count). The van der Waals surface area contributed by atoms with E-state index in [0.29, 0.717) is 0 Å². The molecule has 0 saturated carbocycles. The van der Waals surface area contributed by atoms with Crippen LogP contribution in [0.4, 0.5) is 0 Å². The Balaban J connectivity index is 0.000000424. The molecular weight excluding hydrogens is 176 g/mol. The highest BCUT2D eigenvalue weighted by Gasteiger charge is 2.02. The molecule has 1 heterocycles. The minimum atomic E-state index is -0.784. The van der Waals surface area contributed by atoms with E-state index in [1.54, 1.807) is 6.07 Å². The van der Waals surface area contributed by atoms with E-state index in [-0.39, 0.29) is 12.0 Å². The fourth-order valence-electron chi connectivity index (χ4n) is 0.542. The van der Waals surface area contributed by atoms with Crippen LogP contribution in [0.15, 0.2) is 29.7 Å². The van der Waals surface area contributed by atoms with Gasteiger partial charge in [0.2, 0.25) is 0 Å². The van der Waals surface area contributed by atoms with Crippen molar-refractivity contribution in [1.29, 1.82) is 0 Å². The Bertz CT molecular complexity index is 286. The summed E-state index contributed by atoms with van der Waals surface area (Å²) < 4.78 is 0. The van der Waals surface area contributed by atoms with Crippen molar-refractivity contribution in [3.05, 3.63) is 35.0 Å². The molecule has 0 bridgehead atoms. The van der Waals surface area contributed by atoms with Crippen LogP contribution in [0.25, 0.3) is 0 Å². The minimum Gasteiger partial charge on any atom is -0.483 e. The second-order valence-corrected chi connectivity index (χ2v) is 1.74. The predicted octanol–water partition coefficient (Wildman–Crippen LogP) is 0.689. The lowest BCUT2D eigenvalue weighted by Gasteiger charge is -1.86. The molecule has 0 saturated heterocycles. The third kappa shape index (κ3) is 4.35. The number of carboxylic acid groups (broad SMARTS) is 1. The van der Waals surface area contributed by atoms with Crippen LogP contribution >= 0.6 is 0 Å². The summed E-state index contributed by atoms with van der Waals surface area (Å²) in [5.74, 6) is -0.784. The van der Waals surface area contributed by atoms with E-state index >= 15 is 0 Å². The summed E-state index contributed by atoms with van der Waals surface area (Å²) in [6, 6.07) is 3.05. The fourth-order valence-corrected chi connectivity index (χ4v) is 0.542. The van der Waals surface area contributed by atoms with Gasteiger partial charge in [0.1, 0.15) is 0 Å². The number of rotatable bonds is 1. The molecule has 6 nitrogen and oxygen atoms in total. The number of amides is 1. The quantitative estimate of drug-likeness (QED) is 0.509. The van der Waals surface area contributed by atoms with Gasteiger partial charge in [-0.2, -0.15) is 0 Å². The Labute approximate surface area is 73.2 Å². The van der Waals surface area contributed by atoms with E-state index in [1.165, 1.54) is 18.5 Å². The van der Waals surface area contributed by atoms with Gasteiger partial charge in [-0.05, 0) is 12.1 Å². The van der Waals surface area contributed by atoms with Crippen molar-refractivity contribution in [3.63, 3.8) is 0 Å². The molecular formula is C7H6N2O4. The summed E-state index contributed by atoms with van der Waals surface area (Å²) >= 11 is 0. The number of carbonyl (C=O) groups excluding carboxylic acids is 1. The molecule has 0 aliphatic rings. The van der Waals surface area contributed by atoms with Gasteiger partial charge in [0.05, 0.1) is 5.56 Å². The van der Waals surface area contributed by atoms with Crippen molar-refractivity contribution in [3.8, 4) is 0 Å². The lowest BCUT2D eigenvalue weighted by Crippen LogP contribution is -1.92. The number of nitrogens with zero attached hydrogens (tertiary/aromatic N) is 2. The zero-order valence-electron chi connectivity index (χ0n) is 6.45. The molecule has 6 heteroatoms. The molecule has 1 N–H and O–H groups in total. The van der Waals surface area contributed by atoms with Crippen LogP contribution in [-0.4, -0.2) is 22.5 Å². The number of aromatic nitrogens is 1. The summed E-state index contributed by atoms with van der Waals surface area (Å²) in [5, 5.41) is 9.12. The zero-order chi connectivity index (χ0) is 10.1. The van der Waals surface area contributed by atoms with E-state index in [2.05, 4.69) is 10.2 Å². The van der Waals surface area contributed by atoms with Gasteiger partial charge in [0.25, 0.3) is 6.47 Å². The van der Waals surface area contributed by atoms with Crippen molar-refractivity contribution in [2.45, 2.75) is 0 Å². The van der Waals surface area contributed by atoms with Gasteiger partial charge >= 0.3 is 5.91 Å². The number of nitroso groups, excluding NO2 is 1. The van der Waals surface area contributed by atoms with Crippen LogP contribution in [0.1, 0.15) is 10.4 Å². The van der Waals surface area contributed by atoms with Gasteiger partial charge in [-0.1, -0.05) is 0 Å². The zero-order valence-corrected chi connectivity index (χ0v) is 6.45. The summed E-state index contributed by atoms with van der Waals surface area (Å²) in [5.41, 5.74) is 0.220. The largest absolute Gasteiger partial charge is 0.483 e. The third-order valence-electron chi connectivity index (χ3n) is 0.991. The SMILES string of the molecule is O=CO.O=NC(=O)c1cccnc1. The van der Waals surface area contributed by atoms with Crippen LogP contribution in [-0.2, 0) is 4.79 Å². The Kier molecular flexibility index (Phi) is 5.52. The molecule has 13 heavy (non-hydrogen) atoms. The molecule has 68 valence electrons. The Morgan fingerprint density at radius 3 is 2.62 bits per heavy atom. The molecule has 1 aromatic heterocycles. The van der Waals surface area contributed by atoms with E-state index in [0.717, 1.165) is 0 Å². The van der Waals surface area contributed by atoms with Gasteiger partial charge in [-0.15, -0.1) is 4.91 Å². The van der Waals surface area contributed by atoms with Gasteiger partial charge in [-0.25, -0.2) is 0 Å². The maximum Gasteiger partial charge on any atom is 0.318 e. The number of hydrogen-bond acceptors (Lipinski definition) is 4. The predicted molar refractivity (Wildman–Crippen MR) is 43.1 cm³/mol. The molecule has 0 spiro atoms. The lowest BCUT2D eigenvalue weighted by atomic mass is 10.3. The first-order valence-corrected chi connectivity index (χ1v) is 3.11. The minimum absolute atomic E-state index is 0.220.